The number of urea groups is 1. The summed E-state index contributed by atoms with van der Waals surface area (Å²) in [5.41, 5.74) is 1.76. The van der Waals surface area contributed by atoms with Crippen LogP contribution in [0.25, 0.3) is 0 Å². The van der Waals surface area contributed by atoms with Crippen molar-refractivity contribution in [2.75, 3.05) is 40.0 Å². The second-order valence-electron chi connectivity index (χ2n) is 9.13. The second kappa shape index (κ2) is 8.55. The fourth-order valence-corrected chi connectivity index (χ4v) is 5.18. The molecule has 0 bridgehead atoms. The van der Waals surface area contributed by atoms with Gasteiger partial charge in [-0.3, -0.25) is 14.6 Å². The van der Waals surface area contributed by atoms with Gasteiger partial charge >= 0.3 is 6.03 Å². The molecule has 1 aromatic carbocycles. The van der Waals surface area contributed by atoms with Crippen LogP contribution in [0.5, 0.6) is 5.75 Å². The van der Waals surface area contributed by atoms with Crippen molar-refractivity contribution < 1.29 is 14.3 Å². The topological polar surface area (TPSA) is 65.1 Å². The van der Waals surface area contributed by atoms with E-state index in [0.717, 1.165) is 64.2 Å². The molecule has 2 saturated heterocycles. The third kappa shape index (κ3) is 3.93. The minimum absolute atomic E-state index is 0.0216. The molecule has 3 aliphatic rings. The van der Waals surface area contributed by atoms with Gasteiger partial charge in [-0.2, -0.15) is 0 Å². The molecular weight excluding hydrogens is 380 g/mol. The predicted molar refractivity (Wildman–Crippen MR) is 115 cm³/mol. The molecule has 2 aliphatic heterocycles. The highest BCUT2D eigenvalue weighted by Gasteiger charge is 2.55. The van der Waals surface area contributed by atoms with E-state index < -0.39 is 5.54 Å². The number of benzene rings is 1. The van der Waals surface area contributed by atoms with Gasteiger partial charge in [-0.1, -0.05) is 37.5 Å². The van der Waals surface area contributed by atoms with E-state index in [1.54, 1.807) is 7.11 Å². The summed E-state index contributed by atoms with van der Waals surface area (Å²) in [6.07, 6.45) is 3.91. The number of piperazine rings is 1. The minimum Gasteiger partial charge on any atom is -0.496 e. The van der Waals surface area contributed by atoms with Crippen LogP contribution in [0, 0.1) is 12.8 Å². The van der Waals surface area contributed by atoms with Gasteiger partial charge < -0.3 is 10.1 Å². The molecule has 4 rings (SSSR count). The Labute approximate surface area is 179 Å². The molecular formula is C23H34N4O3. The van der Waals surface area contributed by atoms with E-state index >= 15 is 0 Å². The maximum Gasteiger partial charge on any atom is 0.326 e. The number of nitrogens with one attached hydrogen (secondary N) is 1. The Morgan fingerprint density at radius 1 is 1.13 bits per heavy atom. The molecule has 1 aliphatic carbocycles. The van der Waals surface area contributed by atoms with Crippen molar-refractivity contribution in [3.63, 3.8) is 0 Å². The molecule has 7 nitrogen and oxygen atoms in total. The van der Waals surface area contributed by atoms with Crippen LogP contribution in [-0.4, -0.2) is 72.1 Å². The second-order valence-corrected chi connectivity index (χ2v) is 9.13. The van der Waals surface area contributed by atoms with Crippen LogP contribution in [0.4, 0.5) is 4.79 Å². The average molecular weight is 415 g/mol. The van der Waals surface area contributed by atoms with Crippen LogP contribution in [0.2, 0.25) is 0 Å². The molecule has 1 saturated carbocycles. The monoisotopic (exact) mass is 414 g/mol. The lowest BCUT2D eigenvalue weighted by Crippen LogP contribution is -2.55. The number of hydrogen-bond donors (Lipinski definition) is 1. The number of methoxy groups -OCH3 is 1. The van der Waals surface area contributed by atoms with Gasteiger partial charge in [0.15, 0.2) is 0 Å². The summed E-state index contributed by atoms with van der Waals surface area (Å²) in [6, 6.07) is 6.06. The van der Waals surface area contributed by atoms with Crippen molar-refractivity contribution in [1.29, 1.82) is 0 Å². The zero-order chi connectivity index (χ0) is 21.3. The Kier molecular flexibility index (Phi) is 6.02. The Hall–Kier alpha value is -2.12. The highest BCUT2D eigenvalue weighted by Crippen LogP contribution is 2.38. The lowest BCUT2D eigenvalue weighted by molar-refractivity contribution is -0.136. The van der Waals surface area contributed by atoms with Crippen molar-refractivity contribution in [1.82, 2.24) is 20.0 Å². The summed E-state index contributed by atoms with van der Waals surface area (Å²) in [4.78, 5) is 31.9. The Bertz CT molecular complexity index is 806. The van der Waals surface area contributed by atoms with Crippen LogP contribution in [0.15, 0.2) is 18.2 Å². The average Bonchev–Trinajstić information content (AvgIpc) is 2.97. The molecule has 7 heteroatoms. The molecule has 30 heavy (non-hydrogen) atoms. The van der Waals surface area contributed by atoms with Gasteiger partial charge in [0, 0.05) is 38.3 Å². The van der Waals surface area contributed by atoms with E-state index in [0.29, 0.717) is 6.67 Å². The van der Waals surface area contributed by atoms with Crippen molar-refractivity contribution in [3.8, 4) is 5.75 Å². The van der Waals surface area contributed by atoms with Gasteiger partial charge in [-0.25, -0.2) is 9.69 Å². The quantitative estimate of drug-likeness (QED) is 0.751. The first-order valence-corrected chi connectivity index (χ1v) is 11.2. The largest absolute Gasteiger partial charge is 0.496 e. The number of carbonyl (C=O) groups excluding carboxylic acids is 2. The number of aryl methyl sites for hydroxylation is 1. The summed E-state index contributed by atoms with van der Waals surface area (Å²) in [6.45, 7) is 8.92. The number of ether oxygens (including phenoxy) is 1. The fourth-order valence-electron chi connectivity index (χ4n) is 5.18. The molecule has 2 atom stereocenters. The molecule has 1 N–H and O–H groups in total. The molecule has 1 spiro atoms. The minimum atomic E-state index is -0.668. The zero-order valence-corrected chi connectivity index (χ0v) is 18.4. The standard InChI is InChI=1S/C23H34N4O3/c1-17-7-8-20(30-3)19(14-17)15-25-10-12-26(13-11-25)16-27-21(28)23(24-22(27)29)9-5-4-6-18(23)2/h7-8,14,18H,4-6,9-13,15-16H2,1-3H3,(H,24,29)/t18-,23-/m1/s1. The number of imide groups is 1. The van der Waals surface area contributed by atoms with Crippen LogP contribution >= 0.6 is 0 Å². The third-order valence-corrected chi connectivity index (χ3v) is 7.14. The van der Waals surface area contributed by atoms with E-state index in [2.05, 4.69) is 41.1 Å². The maximum absolute atomic E-state index is 13.2. The maximum atomic E-state index is 13.2. The van der Waals surface area contributed by atoms with E-state index in [1.807, 2.05) is 6.07 Å². The molecule has 0 unspecified atom stereocenters. The van der Waals surface area contributed by atoms with E-state index in [1.165, 1.54) is 16.0 Å². The number of nitrogens with zero attached hydrogens (tertiary/aromatic N) is 3. The van der Waals surface area contributed by atoms with Crippen molar-refractivity contribution in [2.45, 2.75) is 51.6 Å². The van der Waals surface area contributed by atoms with Crippen molar-refractivity contribution >= 4 is 11.9 Å². The summed E-state index contributed by atoms with van der Waals surface area (Å²) < 4.78 is 5.51. The van der Waals surface area contributed by atoms with Gasteiger partial charge in [-0.05, 0) is 31.7 Å². The highest BCUT2D eigenvalue weighted by atomic mass is 16.5. The third-order valence-electron chi connectivity index (χ3n) is 7.14. The van der Waals surface area contributed by atoms with Gasteiger partial charge in [0.2, 0.25) is 0 Å². The summed E-state index contributed by atoms with van der Waals surface area (Å²) in [5, 5.41) is 3.05. The van der Waals surface area contributed by atoms with Gasteiger partial charge in [-0.15, -0.1) is 0 Å². The lowest BCUT2D eigenvalue weighted by Gasteiger charge is -2.38. The van der Waals surface area contributed by atoms with Gasteiger partial charge in [0.25, 0.3) is 5.91 Å². The van der Waals surface area contributed by atoms with Gasteiger partial charge in [0.05, 0.1) is 13.8 Å². The fraction of sp³-hybridized carbons (Fsp3) is 0.652. The number of carbonyl (C=O) groups is 2. The summed E-state index contributed by atoms with van der Waals surface area (Å²) in [5.74, 6) is 1.11. The molecule has 2 heterocycles. The normalized spacial score (nSPS) is 28.2. The number of rotatable bonds is 5. The van der Waals surface area contributed by atoms with E-state index in [-0.39, 0.29) is 17.9 Å². The number of amides is 3. The van der Waals surface area contributed by atoms with Crippen LogP contribution < -0.4 is 10.1 Å². The molecule has 164 valence electrons. The van der Waals surface area contributed by atoms with Crippen LogP contribution in [0.1, 0.15) is 43.7 Å². The summed E-state index contributed by atoms with van der Waals surface area (Å²) in [7, 11) is 1.71. The number of hydrogen-bond acceptors (Lipinski definition) is 5. The van der Waals surface area contributed by atoms with Crippen LogP contribution in [-0.2, 0) is 11.3 Å². The molecule has 0 aromatic heterocycles. The Morgan fingerprint density at radius 2 is 1.87 bits per heavy atom. The Balaban J connectivity index is 1.33. The van der Waals surface area contributed by atoms with Gasteiger partial charge in [0.1, 0.15) is 11.3 Å². The van der Waals surface area contributed by atoms with E-state index in [4.69, 9.17) is 4.74 Å². The van der Waals surface area contributed by atoms with Crippen molar-refractivity contribution in [2.24, 2.45) is 5.92 Å². The molecule has 3 fully saturated rings. The first kappa shape index (κ1) is 21.1. The Morgan fingerprint density at radius 3 is 2.57 bits per heavy atom. The first-order chi connectivity index (χ1) is 14.4. The van der Waals surface area contributed by atoms with Crippen LogP contribution in [0.3, 0.4) is 0 Å². The first-order valence-electron chi connectivity index (χ1n) is 11.2. The predicted octanol–water partition coefficient (Wildman–Crippen LogP) is 2.58. The molecule has 3 amide bonds. The highest BCUT2D eigenvalue weighted by molar-refractivity contribution is 6.07. The SMILES string of the molecule is COc1ccc(C)cc1CN1CCN(CN2C(=O)N[C@@]3(CCCC[C@H]3C)C2=O)CC1. The molecule has 1 aromatic rings. The van der Waals surface area contributed by atoms with Crippen molar-refractivity contribution in [3.05, 3.63) is 29.3 Å². The lowest BCUT2D eigenvalue weighted by atomic mass is 9.73. The smallest absolute Gasteiger partial charge is 0.326 e. The zero-order valence-electron chi connectivity index (χ0n) is 18.4. The van der Waals surface area contributed by atoms with E-state index in [9.17, 15) is 9.59 Å². The molecule has 0 radical (unpaired) electrons. The summed E-state index contributed by atoms with van der Waals surface area (Å²) >= 11 is 0.